The second-order valence-electron chi connectivity index (χ2n) is 7.36. The Morgan fingerprint density at radius 2 is 1.79 bits per heavy atom. The van der Waals surface area contributed by atoms with Crippen LogP contribution < -0.4 is 9.47 Å². The molecule has 4 rings (SSSR count). The summed E-state index contributed by atoms with van der Waals surface area (Å²) >= 11 is 0. The number of hydrogen-bond donors (Lipinski definition) is 0. The molecule has 172 valence electrons. The van der Waals surface area contributed by atoms with Gasteiger partial charge in [0.2, 0.25) is 5.88 Å². The Morgan fingerprint density at radius 1 is 1.03 bits per heavy atom. The van der Waals surface area contributed by atoms with Crippen LogP contribution in [0.15, 0.2) is 65.4 Å². The lowest BCUT2D eigenvalue weighted by Crippen LogP contribution is -2.49. The highest BCUT2D eigenvalue weighted by atomic mass is 19.4. The molecule has 1 aromatic carbocycles. The van der Waals surface area contributed by atoms with Gasteiger partial charge in [-0.3, -0.25) is 4.79 Å². The van der Waals surface area contributed by atoms with Crippen LogP contribution in [0.25, 0.3) is 0 Å². The van der Waals surface area contributed by atoms with Gasteiger partial charge in [0.1, 0.15) is 17.5 Å². The van der Waals surface area contributed by atoms with E-state index in [1.807, 2.05) is 0 Å². The van der Waals surface area contributed by atoms with Gasteiger partial charge in [-0.15, -0.1) is 0 Å². The van der Waals surface area contributed by atoms with Gasteiger partial charge in [0, 0.05) is 18.8 Å². The number of likely N-dealkylation sites (tertiary alicyclic amines) is 1. The number of furan rings is 1. The lowest BCUT2D eigenvalue weighted by atomic mass is 10.0. The highest BCUT2D eigenvalue weighted by Crippen LogP contribution is 2.30. The average Bonchev–Trinajstić information content (AvgIpc) is 3.35. The van der Waals surface area contributed by atoms with Crippen LogP contribution in [0, 0.1) is 0 Å². The molecule has 1 saturated heterocycles. The van der Waals surface area contributed by atoms with Crippen LogP contribution in [-0.4, -0.2) is 34.3 Å². The maximum atomic E-state index is 12.8. The lowest BCUT2D eigenvalue weighted by Gasteiger charge is -2.33. The monoisotopic (exact) mass is 460 g/mol. The molecule has 0 spiro atoms. The number of rotatable bonds is 5. The topological polar surface area (TPSA) is 81.9 Å². The first-order valence-corrected chi connectivity index (χ1v) is 10.2. The third-order valence-electron chi connectivity index (χ3n) is 5.10. The molecular weight excluding hydrogens is 441 g/mol. The van der Waals surface area contributed by atoms with E-state index < -0.39 is 23.8 Å². The number of aromatic nitrogens is 1. The molecule has 10 heteroatoms. The molecule has 0 aliphatic carbocycles. The second-order valence-corrected chi connectivity index (χ2v) is 7.36. The Morgan fingerprint density at radius 3 is 2.42 bits per heavy atom. The Bertz CT molecular complexity index is 1100. The Hall–Kier alpha value is -3.82. The molecule has 33 heavy (non-hydrogen) atoms. The summed E-state index contributed by atoms with van der Waals surface area (Å²) in [5.74, 6) is -0.240. The fourth-order valence-corrected chi connectivity index (χ4v) is 3.45. The number of halogens is 3. The van der Waals surface area contributed by atoms with Gasteiger partial charge in [-0.2, -0.15) is 13.2 Å². The van der Waals surface area contributed by atoms with E-state index in [1.54, 1.807) is 12.1 Å². The van der Waals surface area contributed by atoms with E-state index in [4.69, 9.17) is 13.9 Å². The number of carbonyl (C=O) groups excluding carboxylic acids is 2. The van der Waals surface area contributed by atoms with Crippen molar-refractivity contribution >= 4 is 11.9 Å². The molecule has 1 fully saturated rings. The molecule has 7 nitrogen and oxygen atoms in total. The molecule has 3 heterocycles. The summed E-state index contributed by atoms with van der Waals surface area (Å²) in [5, 5.41) is 0. The number of pyridine rings is 1. The Balaban J connectivity index is 1.38. The number of benzene rings is 1. The van der Waals surface area contributed by atoms with Gasteiger partial charge in [0.15, 0.2) is 5.76 Å². The minimum Gasteiger partial charge on any atom is -0.459 e. The minimum atomic E-state index is -4.48. The number of esters is 1. The molecule has 1 aliphatic heterocycles. The molecule has 2 aromatic heterocycles. The zero-order valence-corrected chi connectivity index (χ0v) is 17.2. The van der Waals surface area contributed by atoms with Crippen molar-refractivity contribution in [2.45, 2.75) is 31.5 Å². The van der Waals surface area contributed by atoms with E-state index in [-0.39, 0.29) is 23.3 Å². The summed E-state index contributed by atoms with van der Waals surface area (Å²) in [6.07, 6.45) is -0.353. The van der Waals surface area contributed by atoms with Crippen LogP contribution >= 0.6 is 0 Å². The SMILES string of the molecule is O=C(Oc1ccc(Oc2ccc(C(F)(F)F)cn2)cc1)C1CCCCN1C(=O)c1ccco1. The van der Waals surface area contributed by atoms with Crippen LogP contribution in [-0.2, 0) is 11.0 Å². The maximum absolute atomic E-state index is 12.8. The Kier molecular flexibility index (Phi) is 6.34. The van der Waals surface area contributed by atoms with Gasteiger partial charge in [-0.05, 0) is 61.7 Å². The van der Waals surface area contributed by atoms with Crippen LogP contribution in [0.3, 0.4) is 0 Å². The summed E-state index contributed by atoms with van der Waals surface area (Å²) in [6.45, 7) is 0.423. The fraction of sp³-hybridized carbons (Fsp3) is 0.261. The van der Waals surface area contributed by atoms with E-state index in [9.17, 15) is 22.8 Å². The molecular formula is C23H19F3N2O5. The van der Waals surface area contributed by atoms with Crippen LogP contribution in [0.5, 0.6) is 17.4 Å². The molecule has 0 bridgehead atoms. The number of amides is 1. The summed E-state index contributed by atoms with van der Waals surface area (Å²) in [7, 11) is 0. The zero-order chi connectivity index (χ0) is 23.4. The van der Waals surface area contributed by atoms with Gasteiger partial charge < -0.3 is 18.8 Å². The Labute approximate surface area is 186 Å². The molecule has 1 atom stereocenters. The average molecular weight is 460 g/mol. The fourth-order valence-electron chi connectivity index (χ4n) is 3.45. The van der Waals surface area contributed by atoms with E-state index in [2.05, 4.69) is 4.98 Å². The largest absolute Gasteiger partial charge is 0.459 e. The van der Waals surface area contributed by atoms with Crippen LogP contribution in [0.4, 0.5) is 13.2 Å². The number of piperidine rings is 1. The van der Waals surface area contributed by atoms with Gasteiger partial charge in [-0.25, -0.2) is 9.78 Å². The predicted octanol–water partition coefficient (Wildman–Crippen LogP) is 5.09. The maximum Gasteiger partial charge on any atom is 0.417 e. The molecule has 1 unspecified atom stereocenters. The number of ether oxygens (including phenoxy) is 2. The number of hydrogen-bond acceptors (Lipinski definition) is 6. The molecule has 0 saturated carbocycles. The van der Waals surface area contributed by atoms with Crippen molar-refractivity contribution in [3.8, 4) is 17.4 Å². The summed E-state index contributed by atoms with van der Waals surface area (Å²) in [5.41, 5.74) is -0.876. The lowest BCUT2D eigenvalue weighted by molar-refractivity contribution is -0.140. The van der Waals surface area contributed by atoms with Crippen molar-refractivity contribution < 1.29 is 36.7 Å². The van der Waals surface area contributed by atoms with Gasteiger partial charge in [0.05, 0.1) is 11.8 Å². The summed E-state index contributed by atoms with van der Waals surface area (Å²) in [6, 6.07) is 10.4. The predicted molar refractivity (Wildman–Crippen MR) is 109 cm³/mol. The van der Waals surface area contributed by atoms with Crippen LogP contribution in [0.2, 0.25) is 0 Å². The molecule has 0 radical (unpaired) electrons. The van der Waals surface area contributed by atoms with Crippen molar-refractivity contribution in [1.82, 2.24) is 9.88 Å². The first-order chi connectivity index (χ1) is 15.8. The van der Waals surface area contributed by atoms with Crippen molar-refractivity contribution in [3.05, 3.63) is 72.3 Å². The minimum absolute atomic E-state index is 0.0120. The molecule has 1 amide bonds. The van der Waals surface area contributed by atoms with Crippen molar-refractivity contribution in [3.63, 3.8) is 0 Å². The molecule has 0 N–H and O–H groups in total. The van der Waals surface area contributed by atoms with Crippen molar-refractivity contribution in [1.29, 1.82) is 0 Å². The van der Waals surface area contributed by atoms with E-state index in [0.29, 0.717) is 24.9 Å². The quantitative estimate of drug-likeness (QED) is 0.390. The summed E-state index contributed by atoms with van der Waals surface area (Å²) in [4.78, 5) is 30.5. The van der Waals surface area contributed by atoms with Gasteiger partial charge in [-0.1, -0.05) is 0 Å². The third-order valence-corrected chi connectivity index (χ3v) is 5.10. The molecule has 3 aromatic rings. The smallest absolute Gasteiger partial charge is 0.417 e. The first-order valence-electron chi connectivity index (χ1n) is 10.2. The van der Waals surface area contributed by atoms with E-state index >= 15 is 0 Å². The first kappa shape index (κ1) is 22.4. The third kappa shape index (κ3) is 5.33. The number of alkyl halides is 3. The highest BCUT2D eigenvalue weighted by molar-refractivity contribution is 5.95. The normalized spacial score (nSPS) is 16.3. The van der Waals surface area contributed by atoms with Crippen molar-refractivity contribution in [2.24, 2.45) is 0 Å². The van der Waals surface area contributed by atoms with Crippen molar-refractivity contribution in [2.75, 3.05) is 6.54 Å². The standard InChI is InChI=1S/C23H19F3N2O5/c24-23(25,26)15-6-11-20(27-14-15)32-16-7-9-17(10-8-16)33-22(30)18-4-1-2-12-28(18)21(29)19-5-3-13-31-19/h3,5-11,13-14,18H,1-2,4,12H2. The molecule has 1 aliphatic rings. The number of carbonyl (C=O) groups is 2. The number of nitrogens with zero attached hydrogens (tertiary/aromatic N) is 2. The van der Waals surface area contributed by atoms with Gasteiger partial charge >= 0.3 is 12.1 Å². The van der Waals surface area contributed by atoms with Gasteiger partial charge in [0.25, 0.3) is 5.91 Å². The highest BCUT2D eigenvalue weighted by Gasteiger charge is 2.35. The summed E-state index contributed by atoms with van der Waals surface area (Å²) < 4.78 is 53.9. The zero-order valence-electron chi connectivity index (χ0n) is 17.2. The van der Waals surface area contributed by atoms with E-state index in [0.717, 1.165) is 25.0 Å². The second kappa shape index (κ2) is 9.35. The van der Waals surface area contributed by atoms with E-state index in [1.165, 1.54) is 35.4 Å². The van der Waals surface area contributed by atoms with Crippen LogP contribution in [0.1, 0.15) is 35.4 Å².